The van der Waals surface area contributed by atoms with Gasteiger partial charge in [-0.05, 0) is 26.4 Å². The van der Waals surface area contributed by atoms with Gasteiger partial charge in [0.1, 0.15) is 0 Å². The standard InChI is InChI=1S/C24H46N6O14P2/c1-26(7-4-24(38,43-45(39)40)44-46(41)42)6-3-2-5-25-20(31)16-27-8-10-28(17-21(32)33)12-14-30(19-23(36)37)15-13-29(11-9-27)18-22(34)35/h38-40H,2-19H2,1H3,(H4-,25,31,32,33,34,35,36,37,41,42)/p+1. The van der Waals surface area contributed by atoms with Crippen molar-refractivity contribution in [3.05, 3.63) is 0 Å². The van der Waals surface area contributed by atoms with Crippen molar-refractivity contribution in [1.29, 1.82) is 0 Å². The Morgan fingerprint density at radius 1 is 0.783 bits per heavy atom. The van der Waals surface area contributed by atoms with E-state index in [-0.39, 0.29) is 71.2 Å². The predicted molar refractivity (Wildman–Crippen MR) is 161 cm³/mol. The fraction of sp³-hybridized carbons (Fsp3) is 0.833. The third-order valence-electron chi connectivity index (χ3n) is 6.92. The van der Waals surface area contributed by atoms with E-state index in [1.807, 2.05) is 4.90 Å². The van der Waals surface area contributed by atoms with E-state index in [4.69, 9.17) is 14.7 Å². The minimum Gasteiger partial charge on any atom is -0.480 e. The molecule has 0 radical (unpaired) electrons. The average Bonchev–Trinajstić information content (AvgIpc) is 2.91. The molecule has 0 aromatic heterocycles. The van der Waals surface area contributed by atoms with Crippen molar-refractivity contribution >= 4 is 40.7 Å². The van der Waals surface area contributed by atoms with Crippen molar-refractivity contribution < 1.29 is 67.9 Å². The lowest BCUT2D eigenvalue weighted by molar-refractivity contribution is -0.280. The predicted octanol–water partition coefficient (Wildman–Crippen LogP) is -2.78. The molecule has 2 atom stereocenters. The molecule has 46 heavy (non-hydrogen) atoms. The number of nitrogens with zero attached hydrogens (tertiary/aromatic N) is 5. The van der Waals surface area contributed by atoms with Crippen molar-refractivity contribution in [1.82, 2.24) is 29.8 Å². The van der Waals surface area contributed by atoms with E-state index < -0.39 is 40.7 Å². The number of unbranched alkanes of at least 4 members (excludes halogenated alkanes) is 1. The molecule has 1 rings (SSSR count). The third kappa shape index (κ3) is 21.0. The molecule has 1 aliphatic heterocycles. The summed E-state index contributed by atoms with van der Waals surface area (Å²) in [5.74, 6) is -6.05. The Hall–Kier alpha value is -2.03. The smallest absolute Gasteiger partial charge is 0.480 e. The van der Waals surface area contributed by atoms with Crippen LogP contribution in [0.4, 0.5) is 0 Å². The number of nitrogens with one attached hydrogen (secondary N) is 1. The number of carbonyl (C=O) groups excluding carboxylic acids is 1. The summed E-state index contributed by atoms with van der Waals surface area (Å²) < 4.78 is 19.7. The number of carboxylic acids is 3. The quantitative estimate of drug-likeness (QED) is 0.0361. The molecule has 266 valence electrons. The molecule has 1 fully saturated rings. The summed E-state index contributed by atoms with van der Waals surface area (Å²) in [5.41, 5.74) is 0. The minimum absolute atomic E-state index is 0.00316. The highest BCUT2D eigenvalue weighted by Crippen LogP contribution is 2.38. The van der Waals surface area contributed by atoms with Crippen LogP contribution >= 0.6 is 16.9 Å². The first-order chi connectivity index (χ1) is 21.6. The van der Waals surface area contributed by atoms with Gasteiger partial charge >= 0.3 is 40.7 Å². The number of hydrogen-bond acceptors (Lipinski definition) is 15. The lowest BCUT2D eigenvalue weighted by Crippen LogP contribution is -2.49. The van der Waals surface area contributed by atoms with Gasteiger partial charge < -0.3 is 40.4 Å². The lowest BCUT2D eigenvalue weighted by atomic mass is 10.2. The van der Waals surface area contributed by atoms with Crippen molar-refractivity contribution in [3.8, 4) is 0 Å². The van der Waals surface area contributed by atoms with Gasteiger partial charge in [-0.1, -0.05) is 4.52 Å². The Balaban J connectivity index is 2.65. The monoisotopic (exact) mass is 705 g/mol. The van der Waals surface area contributed by atoms with Crippen molar-refractivity contribution in [2.45, 2.75) is 25.2 Å². The van der Waals surface area contributed by atoms with Crippen LogP contribution in [0.1, 0.15) is 19.3 Å². The van der Waals surface area contributed by atoms with Gasteiger partial charge in [0.15, 0.2) is 0 Å². The third-order valence-corrected chi connectivity index (χ3v) is 7.81. The van der Waals surface area contributed by atoms with Crippen LogP contribution < -0.4 is 5.32 Å². The van der Waals surface area contributed by atoms with Gasteiger partial charge in [-0.25, -0.2) is 0 Å². The second-order valence-electron chi connectivity index (χ2n) is 10.8. The summed E-state index contributed by atoms with van der Waals surface area (Å²) in [7, 11) is -4.63. The van der Waals surface area contributed by atoms with Crippen LogP contribution in [0.5, 0.6) is 0 Å². The van der Waals surface area contributed by atoms with Gasteiger partial charge in [0.25, 0.3) is 0 Å². The SMILES string of the molecule is CN(CCCCNC(=O)CN1CCN(CC(=O)O)CCN(CC(=O)O)CCN(CC(=O)O)CC1)CCC(O)(OP(O)O)O[P+](=O)O. The summed E-state index contributed by atoms with van der Waals surface area (Å²) in [6, 6.07) is 0. The van der Waals surface area contributed by atoms with E-state index in [9.17, 15) is 44.2 Å². The van der Waals surface area contributed by atoms with Crippen molar-refractivity contribution in [2.75, 3.05) is 105 Å². The molecule has 1 heterocycles. The molecule has 1 saturated heterocycles. The first kappa shape index (κ1) is 42.0. The number of amides is 1. The van der Waals surface area contributed by atoms with Crippen LogP contribution in [0.15, 0.2) is 0 Å². The summed E-state index contributed by atoms with van der Waals surface area (Å²) in [4.78, 5) is 82.3. The molecular formula is C24H47N6O14P2+. The summed E-state index contributed by atoms with van der Waals surface area (Å²) in [6.45, 7) is 2.51. The van der Waals surface area contributed by atoms with Crippen molar-refractivity contribution in [3.63, 3.8) is 0 Å². The Bertz CT molecular complexity index is 954. The maximum absolute atomic E-state index is 12.8. The summed E-state index contributed by atoms with van der Waals surface area (Å²) >= 11 is 0. The van der Waals surface area contributed by atoms with Crippen LogP contribution in [0.25, 0.3) is 0 Å². The largest absolute Gasteiger partial charge is 0.700 e. The van der Waals surface area contributed by atoms with E-state index >= 15 is 0 Å². The highest BCUT2D eigenvalue weighted by molar-refractivity contribution is 7.39. The number of hydrogen-bond donors (Lipinski definition) is 8. The Kier molecular flexibility index (Phi) is 20.6. The second-order valence-corrected chi connectivity index (χ2v) is 12.1. The molecule has 1 amide bonds. The van der Waals surface area contributed by atoms with Gasteiger partial charge in [-0.3, -0.25) is 43.3 Å². The highest BCUT2D eigenvalue weighted by Gasteiger charge is 2.42. The molecule has 1 aliphatic rings. The first-order valence-electron chi connectivity index (χ1n) is 14.5. The molecule has 2 unspecified atom stereocenters. The van der Waals surface area contributed by atoms with Gasteiger partial charge in [0.05, 0.1) is 26.2 Å². The average molecular weight is 706 g/mol. The Labute approximate surface area is 269 Å². The van der Waals surface area contributed by atoms with Crippen LogP contribution in [0.2, 0.25) is 0 Å². The Morgan fingerprint density at radius 3 is 1.57 bits per heavy atom. The fourth-order valence-corrected chi connectivity index (χ4v) is 5.40. The summed E-state index contributed by atoms with van der Waals surface area (Å²) in [5, 5.41) is 40.9. The van der Waals surface area contributed by atoms with Crippen LogP contribution in [0, 0.1) is 0 Å². The highest BCUT2D eigenvalue weighted by atomic mass is 31.2. The van der Waals surface area contributed by atoms with Gasteiger partial charge in [-0.2, -0.15) is 0 Å². The van der Waals surface area contributed by atoms with Crippen molar-refractivity contribution in [2.24, 2.45) is 0 Å². The van der Waals surface area contributed by atoms with E-state index in [0.717, 1.165) is 0 Å². The minimum atomic E-state index is -3.27. The van der Waals surface area contributed by atoms with Crippen LogP contribution in [-0.4, -0.2) is 195 Å². The maximum atomic E-state index is 12.8. The van der Waals surface area contributed by atoms with Gasteiger partial charge in [-0.15, -0.1) is 4.89 Å². The number of rotatable bonds is 20. The topological polar surface area (TPSA) is 274 Å². The molecule has 0 aromatic rings. The number of aliphatic carboxylic acids is 3. The van der Waals surface area contributed by atoms with E-state index in [2.05, 4.69) is 14.4 Å². The maximum Gasteiger partial charge on any atom is 0.700 e. The first-order valence-corrected chi connectivity index (χ1v) is 16.8. The van der Waals surface area contributed by atoms with E-state index in [0.29, 0.717) is 52.1 Å². The summed E-state index contributed by atoms with van der Waals surface area (Å²) in [6.07, 6.45) is 0.848. The normalized spacial score (nSPS) is 18.5. The molecule has 22 heteroatoms. The van der Waals surface area contributed by atoms with Crippen LogP contribution in [-0.2, 0) is 32.8 Å². The molecule has 20 nitrogen and oxygen atoms in total. The van der Waals surface area contributed by atoms with E-state index in [1.165, 1.54) is 0 Å². The van der Waals surface area contributed by atoms with Gasteiger partial charge in [0, 0.05) is 76.4 Å². The number of aliphatic hydroxyl groups is 1. The molecule has 0 saturated carbocycles. The van der Waals surface area contributed by atoms with Gasteiger partial charge in [0.2, 0.25) is 5.91 Å². The molecular weight excluding hydrogens is 658 g/mol. The molecule has 0 spiro atoms. The molecule has 0 aliphatic carbocycles. The Morgan fingerprint density at radius 2 is 1.20 bits per heavy atom. The number of carbonyl (C=O) groups is 4. The second kappa shape index (κ2) is 22.5. The van der Waals surface area contributed by atoms with Crippen LogP contribution in [0.3, 0.4) is 0 Å². The lowest BCUT2D eigenvalue weighted by Gasteiger charge is -2.32. The molecule has 8 N–H and O–H groups in total. The fourth-order valence-electron chi connectivity index (χ4n) is 4.58. The van der Waals surface area contributed by atoms with E-state index in [1.54, 1.807) is 26.6 Å². The zero-order valence-corrected chi connectivity index (χ0v) is 27.6. The number of carboxylic acid groups (broad SMARTS) is 3. The molecule has 0 bridgehead atoms. The zero-order chi connectivity index (χ0) is 34.7. The zero-order valence-electron chi connectivity index (χ0n) is 25.8. The molecule has 0 aromatic carbocycles.